The molecule has 8 heteroatoms. The number of alkyl halides is 3. The molecular weight excluding hydrogens is 401 g/mol. The molecule has 3 aromatic rings. The van der Waals surface area contributed by atoms with E-state index in [2.05, 4.69) is 10.6 Å². The summed E-state index contributed by atoms with van der Waals surface area (Å²) >= 11 is 1.56. The Morgan fingerprint density at radius 2 is 1.69 bits per heavy atom. The smallest absolute Gasteiger partial charge is 0.350 e. The minimum Gasteiger partial charge on any atom is -0.350 e. The highest BCUT2D eigenvalue weighted by Crippen LogP contribution is 2.29. The van der Waals surface area contributed by atoms with Gasteiger partial charge in [0.2, 0.25) is 5.91 Å². The molecule has 2 aromatic carbocycles. The lowest BCUT2D eigenvalue weighted by atomic mass is 10.1. The van der Waals surface area contributed by atoms with Crippen molar-refractivity contribution in [3.8, 4) is 11.1 Å². The van der Waals surface area contributed by atoms with E-state index < -0.39 is 17.6 Å². The number of amides is 2. The minimum atomic E-state index is -4.40. The maximum absolute atomic E-state index is 12.5. The molecule has 0 fully saturated rings. The molecule has 0 saturated carbocycles. The largest absolute Gasteiger partial charge is 0.416 e. The van der Waals surface area contributed by atoms with E-state index in [0.29, 0.717) is 11.1 Å². The molecule has 2 amide bonds. The molecule has 3 rings (SSSR count). The molecule has 0 spiro atoms. The molecule has 0 aliphatic rings. The van der Waals surface area contributed by atoms with Gasteiger partial charge in [-0.1, -0.05) is 24.3 Å². The Balaban J connectivity index is 1.49. The van der Waals surface area contributed by atoms with Crippen LogP contribution in [0.15, 0.2) is 65.4 Å². The Morgan fingerprint density at radius 3 is 2.34 bits per heavy atom. The SMILES string of the molecule is O=C(CNC(=O)c1cccc(-c2ccsc2)c1)NCc1ccc(C(F)(F)F)cc1. The van der Waals surface area contributed by atoms with Crippen LogP contribution in [-0.2, 0) is 17.5 Å². The van der Waals surface area contributed by atoms with Gasteiger partial charge in [-0.2, -0.15) is 24.5 Å². The molecule has 0 bridgehead atoms. The lowest BCUT2D eigenvalue weighted by Gasteiger charge is -2.09. The van der Waals surface area contributed by atoms with Crippen LogP contribution in [-0.4, -0.2) is 18.4 Å². The Kier molecular flexibility index (Phi) is 6.33. The van der Waals surface area contributed by atoms with Crippen LogP contribution in [0.3, 0.4) is 0 Å². The van der Waals surface area contributed by atoms with Crippen LogP contribution >= 0.6 is 11.3 Å². The minimum absolute atomic E-state index is 0.0699. The second kappa shape index (κ2) is 8.91. The van der Waals surface area contributed by atoms with Crippen LogP contribution in [0.4, 0.5) is 13.2 Å². The summed E-state index contributed by atoms with van der Waals surface area (Å²) in [5.74, 6) is -0.820. The zero-order chi connectivity index (χ0) is 20.9. The van der Waals surface area contributed by atoms with E-state index in [1.165, 1.54) is 12.1 Å². The third-order valence-electron chi connectivity index (χ3n) is 4.16. The summed E-state index contributed by atoms with van der Waals surface area (Å²) in [6.07, 6.45) is -4.40. The third kappa shape index (κ3) is 5.68. The highest BCUT2D eigenvalue weighted by molar-refractivity contribution is 7.08. The fourth-order valence-corrected chi connectivity index (χ4v) is 3.27. The fraction of sp³-hybridized carbons (Fsp3) is 0.143. The summed E-state index contributed by atoms with van der Waals surface area (Å²) in [5.41, 5.74) is 2.14. The fourth-order valence-electron chi connectivity index (χ4n) is 2.61. The van der Waals surface area contributed by atoms with Crippen molar-refractivity contribution in [3.63, 3.8) is 0 Å². The Bertz CT molecular complexity index is 984. The molecule has 0 atom stereocenters. The van der Waals surface area contributed by atoms with Gasteiger partial charge >= 0.3 is 6.18 Å². The quantitative estimate of drug-likeness (QED) is 0.620. The normalized spacial score (nSPS) is 11.1. The Morgan fingerprint density at radius 1 is 0.931 bits per heavy atom. The first-order chi connectivity index (χ1) is 13.8. The monoisotopic (exact) mass is 418 g/mol. The van der Waals surface area contributed by atoms with Crippen molar-refractivity contribution in [2.24, 2.45) is 0 Å². The summed E-state index contributed by atoms with van der Waals surface area (Å²) in [6, 6.07) is 13.6. The second-order valence-electron chi connectivity index (χ2n) is 6.25. The van der Waals surface area contributed by atoms with Gasteiger partial charge in [0.15, 0.2) is 0 Å². The number of rotatable bonds is 6. The van der Waals surface area contributed by atoms with E-state index in [1.54, 1.807) is 29.5 Å². The van der Waals surface area contributed by atoms with Gasteiger partial charge in [-0.25, -0.2) is 0 Å². The first-order valence-electron chi connectivity index (χ1n) is 8.66. The molecule has 0 unspecified atom stereocenters. The van der Waals surface area contributed by atoms with E-state index in [4.69, 9.17) is 0 Å². The Hall–Kier alpha value is -3.13. The van der Waals surface area contributed by atoms with E-state index in [9.17, 15) is 22.8 Å². The lowest BCUT2D eigenvalue weighted by Crippen LogP contribution is -2.36. The summed E-state index contributed by atoms with van der Waals surface area (Å²) in [5, 5.41) is 9.03. The molecule has 0 aliphatic carbocycles. The van der Waals surface area contributed by atoms with Crippen molar-refractivity contribution < 1.29 is 22.8 Å². The first-order valence-corrected chi connectivity index (χ1v) is 9.61. The number of benzene rings is 2. The molecule has 4 nitrogen and oxygen atoms in total. The highest BCUT2D eigenvalue weighted by atomic mass is 32.1. The second-order valence-corrected chi connectivity index (χ2v) is 7.03. The molecule has 0 saturated heterocycles. The zero-order valence-electron chi connectivity index (χ0n) is 15.1. The van der Waals surface area contributed by atoms with Crippen LogP contribution < -0.4 is 10.6 Å². The number of hydrogen-bond acceptors (Lipinski definition) is 3. The number of nitrogens with one attached hydrogen (secondary N) is 2. The zero-order valence-corrected chi connectivity index (χ0v) is 15.9. The van der Waals surface area contributed by atoms with Crippen molar-refractivity contribution in [1.82, 2.24) is 10.6 Å². The van der Waals surface area contributed by atoms with Crippen LogP contribution in [0, 0.1) is 0 Å². The van der Waals surface area contributed by atoms with Gasteiger partial charge < -0.3 is 10.6 Å². The molecular formula is C21H17F3N2O2S. The average Bonchev–Trinajstić information content (AvgIpc) is 3.25. The van der Waals surface area contributed by atoms with E-state index in [1.807, 2.05) is 22.9 Å². The standard InChI is InChI=1S/C21H17F3N2O2S/c22-21(23,24)18-6-4-14(5-7-18)11-25-19(27)12-26-20(28)16-3-1-2-15(10-16)17-8-9-29-13-17/h1-10,13H,11-12H2,(H,25,27)(H,26,28). The number of halogens is 3. The van der Waals surface area contributed by atoms with Gasteiger partial charge in [0.05, 0.1) is 12.1 Å². The molecule has 1 heterocycles. The Labute approximate surface area is 169 Å². The number of hydrogen-bond donors (Lipinski definition) is 2. The summed E-state index contributed by atoms with van der Waals surface area (Å²) in [6.45, 7) is -0.164. The van der Waals surface area contributed by atoms with Gasteiger partial charge in [-0.3, -0.25) is 9.59 Å². The van der Waals surface area contributed by atoms with Crippen molar-refractivity contribution in [1.29, 1.82) is 0 Å². The maximum Gasteiger partial charge on any atom is 0.416 e. The van der Waals surface area contributed by atoms with E-state index in [-0.39, 0.29) is 19.0 Å². The molecule has 2 N–H and O–H groups in total. The molecule has 1 aromatic heterocycles. The predicted molar refractivity (Wildman–Crippen MR) is 105 cm³/mol. The van der Waals surface area contributed by atoms with Crippen molar-refractivity contribution >= 4 is 23.2 Å². The van der Waals surface area contributed by atoms with Gasteiger partial charge in [-0.15, -0.1) is 0 Å². The maximum atomic E-state index is 12.5. The summed E-state index contributed by atoms with van der Waals surface area (Å²) in [4.78, 5) is 24.2. The van der Waals surface area contributed by atoms with Crippen molar-refractivity contribution in [3.05, 3.63) is 82.0 Å². The molecule has 29 heavy (non-hydrogen) atoms. The van der Waals surface area contributed by atoms with Gasteiger partial charge in [0.25, 0.3) is 5.91 Å². The highest BCUT2D eigenvalue weighted by Gasteiger charge is 2.29. The number of carbonyl (C=O) groups is 2. The van der Waals surface area contributed by atoms with Crippen LogP contribution in [0.1, 0.15) is 21.5 Å². The number of carbonyl (C=O) groups excluding carboxylic acids is 2. The van der Waals surface area contributed by atoms with Crippen molar-refractivity contribution in [2.45, 2.75) is 12.7 Å². The van der Waals surface area contributed by atoms with E-state index >= 15 is 0 Å². The third-order valence-corrected chi connectivity index (χ3v) is 4.84. The van der Waals surface area contributed by atoms with Crippen LogP contribution in [0.2, 0.25) is 0 Å². The first kappa shape index (κ1) is 20.6. The predicted octanol–water partition coefficient (Wildman–Crippen LogP) is 4.48. The van der Waals surface area contributed by atoms with Crippen molar-refractivity contribution in [2.75, 3.05) is 6.54 Å². The van der Waals surface area contributed by atoms with Gasteiger partial charge in [-0.05, 0) is 57.8 Å². The number of thiophene rings is 1. The topological polar surface area (TPSA) is 58.2 Å². The summed E-state index contributed by atoms with van der Waals surface area (Å²) < 4.78 is 37.6. The summed E-state index contributed by atoms with van der Waals surface area (Å²) in [7, 11) is 0. The van der Waals surface area contributed by atoms with Gasteiger partial charge in [0.1, 0.15) is 0 Å². The van der Waals surface area contributed by atoms with E-state index in [0.717, 1.165) is 23.3 Å². The molecule has 0 aliphatic heterocycles. The van der Waals surface area contributed by atoms with Crippen LogP contribution in [0.5, 0.6) is 0 Å². The van der Waals surface area contributed by atoms with Gasteiger partial charge in [0, 0.05) is 12.1 Å². The lowest BCUT2D eigenvalue weighted by molar-refractivity contribution is -0.137. The molecule has 0 radical (unpaired) electrons. The van der Waals surface area contributed by atoms with Crippen LogP contribution in [0.25, 0.3) is 11.1 Å². The molecule has 150 valence electrons. The average molecular weight is 418 g/mol.